The SMILES string of the molecule is C=CCNC1CCOC1=O. The maximum absolute atomic E-state index is 10.8. The number of carbonyl (C=O) groups excluding carboxylic acids is 1. The summed E-state index contributed by atoms with van der Waals surface area (Å²) in [7, 11) is 0. The molecule has 1 atom stereocenters. The van der Waals surface area contributed by atoms with Gasteiger partial charge in [-0.15, -0.1) is 6.58 Å². The fourth-order valence-electron chi connectivity index (χ4n) is 0.907. The van der Waals surface area contributed by atoms with Gasteiger partial charge in [0, 0.05) is 13.0 Å². The van der Waals surface area contributed by atoms with Crippen molar-refractivity contribution in [2.24, 2.45) is 0 Å². The van der Waals surface area contributed by atoms with E-state index < -0.39 is 0 Å². The van der Waals surface area contributed by atoms with Gasteiger partial charge in [0.15, 0.2) is 0 Å². The first-order valence-corrected chi connectivity index (χ1v) is 3.35. The average molecular weight is 141 g/mol. The number of esters is 1. The van der Waals surface area contributed by atoms with Crippen LogP contribution in [0.1, 0.15) is 6.42 Å². The van der Waals surface area contributed by atoms with E-state index in [0.29, 0.717) is 13.2 Å². The summed E-state index contributed by atoms with van der Waals surface area (Å²) in [6.07, 6.45) is 2.51. The quantitative estimate of drug-likeness (QED) is 0.446. The van der Waals surface area contributed by atoms with E-state index in [-0.39, 0.29) is 12.0 Å². The Morgan fingerprint density at radius 2 is 2.70 bits per heavy atom. The molecule has 1 saturated heterocycles. The average Bonchev–Trinajstić information content (AvgIpc) is 2.31. The van der Waals surface area contributed by atoms with Crippen molar-refractivity contribution in [2.75, 3.05) is 13.2 Å². The third kappa shape index (κ3) is 1.57. The Morgan fingerprint density at radius 3 is 3.20 bits per heavy atom. The van der Waals surface area contributed by atoms with Crippen molar-refractivity contribution < 1.29 is 9.53 Å². The molecule has 56 valence electrons. The third-order valence-corrected chi connectivity index (χ3v) is 1.44. The lowest BCUT2D eigenvalue weighted by Gasteiger charge is -2.03. The van der Waals surface area contributed by atoms with Gasteiger partial charge in [-0.2, -0.15) is 0 Å². The van der Waals surface area contributed by atoms with Gasteiger partial charge in [0.05, 0.1) is 6.61 Å². The Bertz CT molecular complexity index is 145. The summed E-state index contributed by atoms with van der Waals surface area (Å²) in [5.74, 6) is -0.137. The molecular weight excluding hydrogens is 130 g/mol. The summed E-state index contributed by atoms with van der Waals surface area (Å²) in [5, 5.41) is 2.99. The largest absolute Gasteiger partial charge is 0.464 e. The maximum Gasteiger partial charge on any atom is 0.323 e. The minimum absolute atomic E-state index is 0.0991. The van der Waals surface area contributed by atoms with Crippen molar-refractivity contribution in [1.29, 1.82) is 0 Å². The third-order valence-electron chi connectivity index (χ3n) is 1.44. The smallest absolute Gasteiger partial charge is 0.323 e. The zero-order chi connectivity index (χ0) is 7.40. The molecule has 0 aromatic heterocycles. The van der Waals surface area contributed by atoms with Crippen molar-refractivity contribution in [3.05, 3.63) is 12.7 Å². The van der Waals surface area contributed by atoms with Gasteiger partial charge in [-0.1, -0.05) is 6.08 Å². The zero-order valence-corrected chi connectivity index (χ0v) is 5.80. The van der Waals surface area contributed by atoms with Crippen molar-refractivity contribution in [2.45, 2.75) is 12.5 Å². The Hall–Kier alpha value is -0.830. The lowest BCUT2D eigenvalue weighted by Crippen LogP contribution is -2.32. The van der Waals surface area contributed by atoms with Crippen LogP contribution in [0.15, 0.2) is 12.7 Å². The van der Waals surface area contributed by atoms with E-state index >= 15 is 0 Å². The van der Waals surface area contributed by atoms with Gasteiger partial charge in [-0.05, 0) is 0 Å². The number of hydrogen-bond acceptors (Lipinski definition) is 3. The highest BCUT2D eigenvalue weighted by atomic mass is 16.5. The molecule has 0 aromatic rings. The molecule has 1 N–H and O–H groups in total. The van der Waals surface area contributed by atoms with Crippen LogP contribution in [-0.2, 0) is 9.53 Å². The Kier molecular flexibility index (Phi) is 2.45. The Labute approximate surface area is 60.1 Å². The van der Waals surface area contributed by atoms with Crippen LogP contribution in [0, 0.1) is 0 Å². The minimum atomic E-state index is -0.137. The highest BCUT2D eigenvalue weighted by molar-refractivity contribution is 5.77. The van der Waals surface area contributed by atoms with E-state index in [1.165, 1.54) is 0 Å². The molecule has 1 unspecified atom stereocenters. The number of rotatable bonds is 3. The van der Waals surface area contributed by atoms with Crippen LogP contribution in [0.2, 0.25) is 0 Å². The van der Waals surface area contributed by atoms with Gasteiger partial charge in [0.1, 0.15) is 6.04 Å². The van der Waals surface area contributed by atoms with E-state index in [0.717, 1.165) is 6.42 Å². The number of carbonyl (C=O) groups is 1. The van der Waals surface area contributed by atoms with Crippen molar-refractivity contribution in [3.8, 4) is 0 Å². The number of ether oxygens (including phenoxy) is 1. The molecular formula is C7H11NO2. The fraction of sp³-hybridized carbons (Fsp3) is 0.571. The Morgan fingerprint density at radius 1 is 1.90 bits per heavy atom. The first-order valence-electron chi connectivity index (χ1n) is 3.35. The maximum atomic E-state index is 10.8. The van der Waals surface area contributed by atoms with Crippen LogP contribution in [-0.4, -0.2) is 25.2 Å². The van der Waals surface area contributed by atoms with Crippen LogP contribution in [0.3, 0.4) is 0 Å². The molecule has 1 heterocycles. The molecule has 0 spiro atoms. The van der Waals surface area contributed by atoms with Crippen LogP contribution in [0.25, 0.3) is 0 Å². The molecule has 0 radical (unpaired) electrons. The number of nitrogens with one attached hydrogen (secondary N) is 1. The van der Waals surface area contributed by atoms with Crippen LogP contribution in [0.5, 0.6) is 0 Å². The molecule has 3 heteroatoms. The van der Waals surface area contributed by atoms with Gasteiger partial charge in [-0.3, -0.25) is 4.79 Å². The molecule has 10 heavy (non-hydrogen) atoms. The summed E-state index contributed by atoms with van der Waals surface area (Å²) in [4.78, 5) is 10.8. The molecule has 0 saturated carbocycles. The molecule has 0 amide bonds. The minimum Gasteiger partial charge on any atom is -0.464 e. The van der Waals surface area contributed by atoms with E-state index in [4.69, 9.17) is 4.74 Å². The van der Waals surface area contributed by atoms with Gasteiger partial charge in [0.25, 0.3) is 0 Å². The normalized spacial score (nSPS) is 24.4. The van der Waals surface area contributed by atoms with E-state index in [2.05, 4.69) is 11.9 Å². The predicted octanol–water partition coefficient (Wildman–Crippen LogP) is 0.0775. The lowest BCUT2D eigenvalue weighted by molar-refractivity contribution is -0.139. The monoisotopic (exact) mass is 141 g/mol. The lowest BCUT2D eigenvalue weighted by atomic mass is 10.2. The Balaban J connectivity index is 2.26. The van der Waals surface area contributed by atoms with Crippen LogP contribution >= 0.6 is 0 Å². The van der Waals surface area contributed by atoms with Crippen molar-refractivity contribution >= 4 is 5.97 Å². The summed E-state index contributed by atoms with van der Waals surface area (Å²) in [5.41, 5.74) is 0. The van der Waals surface area contributed by atoms with Gasteiger partial charge in [-0.25, -0.2) is 0 Å². The van der Waals surface area contributed by atoms with E-state index in [1.807, 2.05) is 0 Å². The van der Waals surface area contributed by atoms with E-state index in [1.54, 1.807) is 6.08 Å². The zero-order valence-electron chi connectivity index (χ0n) is 5.80. The second-order valence-corrected chi connectivity index (χ2v) is 2.21. The molecule has 0 bridgehead atoms. The van der Waals surface area contributed by atoms with Crippen molar-refractivity contribution in [1.82, 2.24) is 5.32 Å². The van der Waals surface area contributed by atoms with Crippen LogP contribution < -0.4 is 5.32 Å². The topological polar surface area (TPSA) is 38.3 Å². The molecule has 1 fully saturated rings. The summed E-state index contributed by atoms with van der Waals surface area (Å²) >= 11 is 0. The first kappa shape index (κ1) is 7.28. The van der Waals surface area contributed by atoms with E-state index in [9.17, 15) is 4.79 Å². The number of hydrogen-bond donors (Lipinski definition) is 1. The summed E-state index contributed by atoms with van der Waals surface area (Å²) in [6, 6.07) is -0.0991. The highest BCUT2D eigenvalue weighted by Gasteiger charge is 2.24. The molecule has 1 rings (SSSR count). The van der Waals surface area contributed by atoms with Gasteiger partial charge in [0.2, 0.25) is 0 Å². The fourth-order valence-corrected chi connectivity index (χ4v) is 0.907. The van der Waals surface area contributed by atoms with Crippen LogP contribution in [0.4, 0.5) is 0 Å². The number of cyclic esters (lactones) is 1. The first-order chi connectivity index (χ1) is 4.84. The van der Waals surface area contributed by atoms with Crippen molar-refractivity contribution in [3.63, 3.8) is 0 Å². The van der Waals surface area contributed by atoms with Gasteiger partial charge < -0.3 is 10.1 Å². The summed E-state index contributed by atoms with van der Waals surface area (Å²) < 4.78 is 4.73. The molecule has 1 aliphatic rings. The second kappa shape index (κ2) is 3.37. The molecule has 3 nitrogen and oxygen atoms in total. The summed E-state index contributed by atoms with van der Waals surface area (Å²) in [6.45, 7) is 4.75. The highest BCUT2D eigenvalue weighted by Crippen LogP contribution is 2.04. The second-order valence-electron chi connectivity index (χ2n) is 2.21. The molecule has 1 aliphatic heterocycles. The molecule has 0 aliphatic carbocycles. The standard InChI is InChI=1S/C7H11NO2/c1-2-4-8-6-3-5-10-7(6)9/h2,6,8H,1,3-5H2. The molecule has 0 aromatic carbocycles. The van der Waals surface area contributed by atoms with Gasteiger partial charge >= 0.3 is 5.97 Å². The predicted molar refractivity (Wildman–Crippen MR) is 37.6 cm³/mol.